The standard InChI is InChI=1S/C25H29N3O3/c1-2-18-31-22-10-8-21(9-11-22)28-24(29)19-23(25(28)30)27-16-14-26(15-17-27)13-12-20-6-4-3-5-7-20/h3-13,23H,2,14-19H2,1H3. The largest absolute Gasteiger partial charge is 0.494 e. The first kappa shape index (κ1) is 21.1. The predicted molar refractivity (Wildman–Crippen MR) is 122 cm³/mol. The van der Waals surface area contributed by atoms with E-state index in [2.05, 4.69) is 41.1 Å². The molecule has 162 valence electrons. The van der Waals surface area contributed by atoms with Gasteiger partial charge in [-0.3, -0.25) is 14.5 Å². The molecule has 0 spiro atoms. The molecular weight excluding hydrogens is 390 g/mol. The second-order valence-corrected chi connectivity index (χ2v) is 7.93. The Morgan fingerprint density at radius 3 is 2.35 bits per heavy atom. The summed E-state index contributed by atoms with van der Waals surface area (Å²) in [6.07, 6.45) is 5.40. The number of carbonyl (C=O) groups excluding carboxylic acids is 2. The molecule has 2 aliphatic heterocycles. The Hall–Kier alpha value is -3.12. The Balaban J connectivity index is 1.34. The Bertz CT molecular complexity index is 919. The second-order valence-electron chi connectivity index (χ2n) is 7.93. The van der Waals surface area contributed by atoms with Crippen molar-refractivity contribution >= 4 is 23.6 Å². The highest BCUT2D eigenvalue weighted by Gasteiger charge is 2.43. The fraction of sp³-hybridized carbons (Fsp3) is 0.360. The SMILES string of the molecule is CCCOc1ccc(N2C(=O)CC(N3CCN(C=Cc4ccccc4)CC3)C2=O)cc1. The van der Waals surface area contributed by atoms with E-state index in [0.29, 0.717) is 12.3 Å². The molecule has 1 unspecified atom stereocenters. The number of hydrogen-bond acceptors (Lipinski definition) is 5. The lowest BCUT2D eigenvalue weighted by molar-refractivity contribution is -0.123. The first-order chi connectivity index (χ1) is 15.2. The van der Waals surface area contributed by atoms with Crippen LogP contribution in [0.5, 0.6) is 5.75 Å². The van der Waals surface area contributed by atoms with Gasteiger partial charge in [0, 0.05) is 26.2 Å². The molecule has 2 heterocycles. The van der Waals surface area contributed by atoms with Crippen LogP contribution in [0.2, 0.25) is 0 Å². The number of rotatable bonds is 7. The lowest BCUT2D eigenvalue weighted by atomic mass is 10.1. The highest BCUT2D eigenvalue weighted by Crippen LogP contribution is 2.28. The predicted octanol–water partition coefficient (Wildman–Crippen LogP) is 3.40. The number of benzene rings is 2. The summed E-state index contributed by atoms with van der Waals surface area (Å²) in [7, 11) is 0. The van der Waals surface area contributed by atoms with E-state index in [1.165, 1.54) is 10.5 Å². The van der Waals surface area contributed by atoms with Crippen LogP contribution in [0.15, 0.2) is 60.8 Å². The maximum Gasteiger partial charge on any atom is 0.251 e. The van der Waals surface area contributed by atoms with Gasteiger partial charge in [0.05, 0.1) is 24.8 Å². The van der Waals surface area contributed by atoms with E-state index in [-0.39, 0.29) is 24.3 Å². The molecular formula is C25H29N3O3. The molecule has 2 aliphatic rings. The maximum atomic E-state index is 13.1. The summed E-state index contributed by atoms with van der Waals surface area (Å²) in [5.41, 5.74) is 1.79. The van der Waals surface area contributed by atoms with Crippen molar-refractivity contribution in [3.63, 3.8) is 0 Å². The van der Waals surface area contributed by atoms with Crippen molar-refractivity contribution in [3.8, 4) is 5.75 Å². The van der Waals surface area contributed by atoms with Crippen molar-refractivity contribution in [2.75, 3.05) is 37.7 Å². The molecule has 4 rings (SSSR count). The Labute approximate surface area is 183 Å². The zero-order valence-corrected chi connectivity index (χ0v) is 17.9. The first-order valence-electron chi connectivity index (χ1n) is 11.0. The summed E-state index contributed by atoms with van der Waals surface area (Å²) < 4.78 is 5.59. The van der Waals surface area contributed by atoms with E-state index >= 15 is 0 Å². The lowest BCUT2D eigenvalue weighted by Gasteiger charge is -2.36. The average molecular weight is 420 g/mol. The topological polar surface area (TPSA) is 53.1 Å². The van der Waals surface area contributed by atoms with Crippen molar-refractivity contribution in [1.82, 2.24) is 9.80 Å². The molecule has 2 fully saturated rings. The van der Waals surface area contributed by atoms with E-state index in [1.807, 2.05) is 30.3 Å². The van der Waals surface area contributed by atoms with Gasteiger partial charge in [0.1, 0.15) is 5.75 Å². The van der Waals surface area contributed by atoms with Gasteiger partial charge in [-0.25, -0.2) is 4.90 Å². The van der Waals surface area contributed by atoms with Crippen LogP contribution in [0, 0.1) is 0 Å². The van der Waals surface area contributed by atoms with Crippen LogP contribution in [0.4, 0.5) is 5.69 Å². The second kappa shape index (κ2) is 9.79. The average Bonchev–Trinajstić information content (AvgIpc) is 3.11. The van der Waals surface area contributed by atoms with Crippen molar-refractivity contribution in [2.45, 2.75) is 25.8 Å². The smallest absolute Gasteiger partial charge is 0.251 e. The highest BCUT2D eigenvalue weighted by molar-refractivity contribution is 6.22. The van der Waals surface area contributed by atoms with E-state index < -0.39 is 0 Å². The summed E-state index contributed by atoms with van der Waals surface area (Å²) in [6.45, 7) is 5.90. The molecule has 2 aromatic rings. The molecule has 0 aromatic heterocycles. The minimum absolute atomic E-state index is 0.125. The Morgan fingerprint density at radius 1 is 0.968 bits per heavy atom. The summed E-state index contributed by atoms with van der Waals surface area (Å²) in [4.78, 5) is 31.4. The number of anilines is 1. The van der Waals surface area contributed by atoms with E-state index in [9.17, 15) is 9.59 Å². The summed E-state index contributed by atoms with van der Waals surface area (Å²) in [6, 6.07) is 17.0. The summed E-state index contributed by atoms with van der Waals surface area (Å²) in [5.74, 6) is 0.491. The molecule has 0 saturated carbocycles. The normalized spacial score (nSPS) is 20.1. The molecule has 0 bridgehead atoms. The molecule has 6 nitrogen and oxygen atoms in total. The molecule has 2 aromatic carbocycles. The van der Waals surface area contributed by atoms with Crippen LogP contribution in [0.25, 0.3) is 6.08 Å². The number of carbonyl (C=O) groups is 2. The number of ether oxygens (including phenoxy) is 1. The van der Waals surface area contributed by atoms with Crippen molar-refractivity contribution in [1.29, 1.82) is 0 Å². The van der Waals surface area contributed by atoms with E-state index in [0.717, 1.165) is 38.3 Å². The fourth-order valence-electron chi connectivity index (χ4n) is 4.04. The van der Waals surface area contributed by atoms with Crippen LogP contribution >= 0.6 is 0 Å². The third-order valence-electron chi connectivity index (χ3n) is 5.76. The van der Waals surface area contributed by atoms with E-state index in [4.69, 9.17) is 4.74 Å². The van der Waals surface area contributed by atoms with Gasteiger partial charge >= 0.3 is 0 Å². The highest BCUT2D eigenvalue weighted by atomic mass is 16.5. The Morgan fingerprint density at radius 2 is 1.68 bits per heavy atom. The third kappa shape index (κ3) is 4.97. The molecule has 1 atom stereocenters. The summed E-state index contributed by atoms with van der Waals surface area (Å²) >= 11 is 0. The van der Waals surface area contributed by atoms with Crippen LogP contribution in [0.3, 0.4) is 0 Å². The third-order valence-corrected chi connectivity index (χ3v) is 5.76. The number of imide groups is 1. The van der Waals surface area contributed by atoms with Gasteiger partial charge < -0.3 is 9.64 Å². The number of hydrogen-bond donors (Lipinski definition) is 0. The fourth-order valence-corrected chi connectivity index (χ4v) is 4.04. The van der Waals surface area contributed by atoms with Crippen molar-refractivity contribution in [2.24, 2.45) is 0 Å². The minimum Gasteiger partial charge on any atom is -0.494 e. The zero-order chi connectivity index (χ0) is 21.6. The molecule has 6 heteroatoms. The lowest BCUT2D eigenvalue weighted by Crippen LogP contribution is -2.51. The minimum atomic E-state index is -0.372. The summed E-state index contributed by atoms with van der Waals surface area (Å²) in [5, 5.41) is 0. The van der Waals surface area contributed by atoms with Crippen LogP contribution in [-0.2, 0) is 9.59 Å². The quantitative estimate of drug-likeness (QED) is 0.644. The zero-order valence-electron chi connectivity index (χ0n) is 17.9. The number of piperazine rings is 1. The molecule has 2 amide bonds. The molecule has 2 saturated heterocycles. The van der Waals surface area contributed by atoms with Crippen LogP contribution in [-0.4, -0.2) is 60.4 Å². The van der Waals surface area contributed by atoms with Gasteiger partial charge in [-0.2, -0.15) is 0 Å². The Kier molecular flexibility index (Phi) is 6.67. The first-order valence-corrected chi connectivity index (χ1v) is 11.0. The van der Waals surface area contributed by atoms with Crippen molar-refractivity contribution < 1.29 is 14.3 Å². The number of nitrogens with zero attached hydrogens (tertiary/aromatic N) is 3. The van der Waals surface area contributed by atoms with Gasteiger partial charge in [0.15, 0.2) is 0 Å². The molecule has 0 radical (unpaired) electrons. The molecule has 0 N–H and O–H groups in total. The van der Waals surface area contributed by atoms with Gasteiger partial charge in [-0.05, 0) is 48.5 Å². The van der Waals surface area contributed by atoms with Crippen LogP contribution < -0.4 is 9.64 Å². The maximum absolute atomic E-state index is 13.1. The molecule has 0 aliphatic carbocycles. The van der Waals surface area contributed by atoms with Gasteiger partial charge in [-0.15, -0.1) is 0 Å². The monoisotopic (exact) mass is 419 g/mol. The number of amides is 2. The van der Waals surface area contributed by atoms with Crippen LogP contribution in [0.1, 0.15) is 25.3 Å². The van der Waals surface area contributed by atoms with Gasteiger partial charge in [0.2, 0.25) is 5.91 Å². The van der Waals surface area contributed by atoms with Gasteiger partial charge in [0.25, 0.3) is 5.91 Å². The molecule has 31 heavy (non-hydrogen) atoms. The van der Waals surface area contributed by atoms with E-state index in [1.54, 1.807) is 12.1 Å². The van der Waals surface area contributed by atoms with Gasteiger partial charge in [-0.1, -0.05) is 37.3 Å². The van der Waals surface area contributed by atoms with Crippen molar-refractivity contribution in [3.05, 3.63) is 66.4 Å².